The van der Waals surface area contributed by atoms with Crippen LogP contribution in [0.4, 0.5) is 5.69 Å². The van der Waals surface area contributed by atoms with Crippen molar-refractivity contribution < 1.29 is 25.8 Å². The molecule has 0 fully saturated rings. The van der Waals surface area contributed by atoms with Crippen LogP contribution in [-0.2, 0) is 21.1 Å². The van der Waals surface area contributed by atoms with E-state index in [1.807, 2.05) is 110 Å². The molecule has 1 aromatic heterocycles. The maximum absolute atomic E-state index is 6.07. The van der Waals surface area contributed by atoms with E-state index in [4.69, 9.17) is 9.84 Å². The zero-order valence-electron chi connectivity index (χ0n) is 18.2. The first-order chi connectivity index (χ1) is 15.7. The fourth-order valence-electron chi connectivity index (χ4n) is 3.48. The van der Waals surface area contributed by atoms with Crippen LogP contribution in [0.5, 0.6) is 11.5 Å². The Kier molecular flexibility index (Phi) is 6.90. The smallest absolute Gasteiger partial charge is 0.125 e. The van der Waals surface area contributed by atoms with E-state index in [9.17, 15) is 0 Å². The van der Waals surface area contributed by atoms with Gasteiger partial charge in [-0.3, -0.25) is 0 Å². The minimum Gasteiger partial charge on any atom is -0.503 e. The molecule has 4 aromatic rings. The predicted molar refractivity (Wildman–Crippen MR) is 126 cm³/mol. The Bertz CT molecular complexity index is 1280. The normalized spacial score (nSPS) is 12.8. The van der Waals surface area contributed by atoms with E-state index >= 15 is 0 Å². The van der Waals surface area contributed by atoms with Gasteiger partial charge in [0.2, 0.25) is 0 Å². The molecule has 0 atom stereocenters. The van der Waals surface area contributed by atoms with Crippen LogP contribution in [0.25, 0.3) is 11.3 Å². The van der Waals surface area contributed by atoms with E-state index in [0.717, 1.165) is 34.0 Å². The summed E-state index contributed by atoms with van der Waals surface area (Å²) in [7, 11) is 1.98. The number of nitrogens with zero attached hydrogens (tertiary/aromatic N) is 4. The van der Waals surface area contributed by atoms with Crippen LogP contribution >= 0.6 is 0 Å². The summed E-state index contributed by atoms with van der Waals surface area (Å²) in [4.78, 5) is 6.56. The van der Waals surface area contributed by atoms with Crippen molar-refractivity contribution in [1.29, 1.82) is 0 Å². The molecule has 5 rings (SSSR count). The third-order valence-electron chi connectivity index (χ3n) is 5.00. The summed E-state index contributed by atoms with van der Waals surface area (Å²) in [5.74, 6) is 2.07. The average Bonchev–Trinajstić information content (AvgIpc) is 3.22. The molecular formula is C27H21N4OPt-3. The fourth-order valence-corrected chi connectivity index (χ4v) is 3.48. The third-order valence-corrected chi connectivity index (χ3v) is 5.00. The van der Waals surface area contributed by atoms with Gasteiger partial charge < -0.3 is 19.6 Å². The molecule has 2 heterocycles. The first-order valence-electron chi connectivity index (χ1n) is 10.3. The van der Waals surface area contributed by atoms with Crippen LogP contribution in [0, 0.1) is 25.7 Å². The van der Waals surface area contributed by atoms with Gasteiger partial charge in [0.15, 0.2) is 0 Å². The summed E-state index contributed by atoms with van der Waals surface area (Å²) in [6.45, 7) is 3.90. The summed E-state index contributed by atoms with van der Waals surface area (Å²) < 4.78 is 6.07. The Balaban J connectivity index is 0.00000259. The molecule has 0 spiro atoms. The van der Waals surface area contributed by atoms with Crippen molar-refractivity contribution >= 4 is 11.5 Å². The van der Waals surface area contributed by atoms with Gasteiger partial charge in [-0.15, -0.1) is 48.6 Å². The molecule has 0 aliphatic carbocycles. The number of aromatic nitrogens is 1. The van der Waals surface area contributed by atoms with Crippen LogP contribution in [0.15, 0.2) is 90.0 Å². The summed E-state index contributed by atoms with van der Waals surface area (Å²) in [5.41, 5.74) is 4.55. The van der Waals surface area contributed by atoms with E-state index < -0.39 is 0 Å². The molecular weight excluding hydrogens is 591 g/mol. The molecule has 0 saturated heterocycles. The quantitative estimate of drug-likeness (QED) is 0.272. The van der Waals surface area contributed by atoms with Gasteiger partial charge in [0.05, 0.1) is 0 Å². The standard InChI is InChI=1S/C27H21N4O.Pt/c1-20-9-6-16-26(28-20)22-12-7-14-24(17-22)32-25-15-8-13-23(18-25)31-19-30(2)27(29-31)21-10-4-3-5-11-21;/h3-16,19H,1-2H3;/q-3;. The molecule has 0 N–H and O–H groups in total. The van der Waals surface area contributed by atoms with Crippen molar-refractivity contribution in [3.63, 3.8) is 0 Å². The minimum absolute atomic E-state index is 0. The number of amidine groups is 1. The zero-order valence-corrected chi connectivity index (χ0v) is 20.4. The summed E-state index contributed by atoms with van der Waals surface area (Å²) >= 11 is 0. The van der Waals surface area contributed by atoms with Gasteiger partial charge in [-0.25, -0.2) is 0 Å². The molecule has 0 saturated carbocycles. The molecule has 1 aliphatic heterocycles. The Morgan fingerprint density at radius 2 is 1.55 bits per heavy atom. The Morgan fingerprint density at radius 1 is 0.818 bits per heavy atom. The van der Waals surface area contributed by atoms with E-state index in [1.165, 1.54) is 0 Å². The van der Waals surface area contributed by atoms with Gasteiger partial charge in [-0.2, -0.15) is 11.2 Å². The van der Waals surface area contributed by atoms with Crippen LogP contribution < -0.4 is 9.75 Å². The van der Waals surface area contributed by atoms with E-state index in [0.29, 0.717) is 11.5 Å². The number of rotatable bonds is 5. The number of hydrogen-bond donors (Lipinski definition) is 0. The number of hydrazone groups is 1. The van der Waals surface area contributed by atoms with Gasteiger partial charge in [-0.05, 0) is 25.7 Å². The number of anilines is 1. The van der Waals surface area contributed by atoms with Crippen LogP contribution in [-0.4, -0.2) is 22.8 Å². The van der Waals surface area contributed by atoms with Crippen LogP contribution in [0.1, 0.15) is 11.3 Å². The second-order valence-electron chi connectivity index (χ2n) is 7.46. The summed E-state index contributed by atoms with van der Waals surface area (Å²) in [5, 5.41) is 6.53. The summed E-state index contributed by atoms with van der Waals surface area (Å²) in [6.07, 6.45) is 0. The number of ether oxygens (including phenoxy) is 1. The van der Waals surface area contributed by atoms with Gasteiger partial charge >= 0.3 is 0 Å². The van der Waals surface area contributed by atoms with E-state index in [-0.39, 0.29) is 21.1 Å². The van der Waals surface area contributed by atoms with Crippen molar-refractivity contribution in [1.82, 2.24) is 9.88 Å². The van der Waals surface area contributed by atoms with E-state index in [2.05, 4.69) is 17.1 Å². The second kappa shape index (κ2) is 10.0. The molecule has 0 radical (unpaired) electrons. The van der Waals surface area contributed by atoms with Gasteiger partial charge in [-0.1, -0.05) is 54.2 Å². The van der Waals surface area contributed by atoms with Crippen molar-refractivity contribution in [2.24, 2.45) is 5.10 Å². The van der Waals surface area contributed by atoms with Crippen molar-refractivity contribution in [3.05, 3.63) is 115 Å². The SMILES string of the molecule is Cc1cccc(-c2[c-]c(Oc3[c-]c(N4[CH-]N(C)C(c5ccccc5)=N4)ccc3)ccc2)n1.[Pt]. The second-order valence-corrected chi connectivity index (χ2v) is 7.46. The Hall–Kier alpha value is -3.43. The topological polar surface area (TPSA) is 41.0 Å². The molecule has 5 nitrogen and oxygen atoms in total. The Labute approximate surface area is 208 Å². The molecule has 1 aliphatic rings. The molecule has 0 amide bonds. The third kappa shape index (κ3) is 5.15. The van der Waals surface area contributed by atoms with Crippen molar-refractivity contribution in [2.45, 2.75) is 6.92 Å². The minimum atomic E-state index is 0. The summed E-state index contributed by atoms with van der Waals surface area (Å²) in [6, 6.07) is 34.2. The molecule has 6 heteroatoms. The molecule has 3 aromatic carbocycles. The van der Waals surface area contributed by atoms with Crippen molar-refractivity contribution in [3.8, 4) is 22.8 Å². The maximum atomic E-state index is 6.07. The molecule has 168 valence electrons. The predicted octanol–water partition coefficient (Wildman–Crippen LogP) is 5.68. The van der Waals surface area contributed by atoms with Crippen LogP contribution in [0.2, 0.25) is 0 Å². The van der Waals surface area contributed by atoms with E-state index in [1.54, 1.807) is 5.01 Å². The number of benzene rings is 3. The van der Waals surface area contributed by atoms with Crippen LogP contribution in [0.3, 0.4) is 0 Å². The van der Waals surface area contributed by atoms with Gasteiger partial charge in [0.25, 0.3) is 0 Å². The first-order valence-corrected chi connectivity index (χ1v) is 10.3. The zero-order chi connectivity index (χ0) is 21.9. The maximum Gasteiger partial charge on any atom is 0.125 e. The monoisotopic (exact) mass is 612 g/mol. The number of aryl methyl sites for hydroxylation is 1. The number of hydrogen-bond acceptors (Lipinski definition) is 5. The molecule has 0 bridgehead atoms. The Morgan fingerprint density at radius 3 is 2.33 bits per heavy atom. The molecule has 0 unspecified atom stereocenters. The number of pyridine rings is 1. The first kappa shape index (κ1) is 22.8. The molecule has 33 heavy (non-hydrogen) atoms. The van der Waals surface area contributed by atoms with Gasteiger partial charge in [0.1, 0.15) is 5.84 Å². The van der Waals surface area contributed by atoms with Crippen molar-refractivity contribution in [2.75, 3.05) is 12.1 Å². The van der Waals surface area contributed by atoms with Gasteiger partial charge in [0, 0.05) is 43.8 Å². The average molecular weight is 613 g/mol. The largest absolute Gasteiger partial charge is 0.503 e. The fraction of sp³-hybridized carbons (Fsp3) is 0.0741.